The summed E-state index contributed by atoms with van der Waals surface area (Å²) in [5.41, 5.74) is 7.99. The standard InChI is InChI=1S/C14H13NO2/c15-14(16)13-9-5-1-3-7-11(9)17-12-8-4-2-6-10(12)13/h1,3-5,7-8,12H,2,6H2,(H2,15,16). The monoisotopic (exact) mass is 227 g/mol. The van der Waals surface area contributed by atoms with E-state index in [0.717, 1.165) is 29.7 Å². The average molecular weight is 227 g/mol. The predicted molar refractivity (Wildman–Crippen MR) is 65.3 cm³/mol. The lowest BCUT2D eigenvalue weighted by Gasteiger charge is -2.30. The zero-order valence-corrected chi connectivity index (χ0v) is 9.35. The summed E-state index contributed by atoms with van der Waals surface area (Å²) in [7, 11) is 0. The van der Waals surface area contributed by atoms with Crippen molar-refractivity contribution in [1.82, 2.24) is 0 Å². The number of rotatable bonds is 1. The van der Waals surface area contributed by atoms with Crippen molar-refractivity contribution < 1.29 is 9.53 Å². The van der Waals surface area contributed by atoms with E-state index in [1.165, 1.54) is 0 Å². The van der Waals surface area contributed by atoms with Crippen molar-refractivity contribution in [3.63, 3.8) is 0 Å². The smallest absolute Gasteiger partial charge is 0.249 e. The van der Waals surface area contributed by atoms with E-state index in [-0.39, 0.29) is 12.0 Å². The van der Waals surface area contributed by atoms with Gasteiger partial charge in [0, 0.05) is 5.56 Å². The molecule has 2 N–H and O–H groups in total. The molecular weight excluding hydrogens is 214 g/mol. The number of nitrogens with two attached hydrogens (primary N) is 1. The van der Waals surface area contributed by atoms with Gasteiger partial charge in [-0.05, 0) is 30.6 Å². The third-order valence-electron chi connectivity index (χ3n) is 3.21. The molecule has 86 valence electrons. The van der Waals surface area contributed by atoms with Gasteiger partial charge >= 0.3 is 0 Å². The molecule has 1 heterocycles. The quantitative estimate of drug-likeness (QED) is 0.746. The molecule has 2 aliphatic rings. The number of amides is 1. The summed E-state index contributed by atoms with van der Waals surface area (Å²) in [6.45, 7) is 0. The molecule has 0 saturated carbocycles. The summed E-state index contributed by atoms with van der Waals surface area (Å²) in [6, 6.07) is 7.55. The van der Waals surface area contributed by atoms with Crippen LogP contribution in [-0.2, 0) is 4.79 Å². The minimum atomic E-state index is -0.365. The predicted octanol–water partition coefficient (Wildman–Crippen LogP) is 2.04. The number of carbonyl (C=O) groups excluding carboxylic acids is 1. The first-order valence-electron chi connectivity index (χ1n) is 5.73. The Morgan fingerprint density at radius 2 is 2.18 bits per heavy atom. The first kappa shape index (κ1) is 10.1. The second-order valence-corrected chi connectivity index (χ2v) is 4.27. The number of benzene rings is 1. The van der Waals surface area contributed by atoms with Gasteiger partial charge in [-0.15, -0.1) is 0 Å². The number of fused-ring (bicyclic) bond motifs is 2. The molecule has 17 heavy (non-hydrogen) atoms. The molecule has 3 nitrogen and oxygen atoms in total. The van der Waals surface area contributed by atoms with Crippen LogP contribution < -0.4 is 10.5 Å². The summed E-state index contributed by atoms with van der Waals surface area (Å²) in [6.07, 6.45) is 5.74. The van der Waals surface area contributed by atoms with Gasteiger partial charge in [-0.3, -0.25) is 4.79 Å². The van der Waals surface area contributed by atoms with E-state index in [4.69, 9.17) is 10.5 Å². The molecular formula is C14H13NO2. The summed E-state index contributed by atoms with van der Waals surface area (Å²) >= 11 is 0. The Morgan fingerprint density at radius 1 is 1.35 bits per heavy atom. The van der Waals surface area contributed by atoms with Crippen LogP contribution in [0, 0.1) is 0 Å². The third kappa shape index (κ3) is 1.55. The van der Waals surface area contributed by atoms with Gasteiger partial charge in [0.15, 0.2) is 0 Å². The molecule has 1 aliphatic heterocycles. The SMILES string of the molecule is NC(=O)C1=C2CCC=CC2Oc2ccccc21. The van der Waals surface area contributed by atoms with Crippen LogP contribution in [0.4, 0.5) is 0 Å². The lowest BCUT2D eigenvalue weighted by molar-refractivity contribution is -0.112. The van der Waals surface area contributed by atoms with Crippen LogP contribution in [0.1, 0.15) is 18.4 Å². The Morgan fingerprint density at radius 3 is 3.00 bits per heavy atom. The topological polar surface area (TPSA) is 52.3 Å². The third-order valence-corrected chi connectivity index (χ3v) is 3.21. The molecule has 0 bridgehead atoms. The Kier molecular flexibility index (Phi) is 2.25. The zero-order chi connectivity index (χ0) is 11.8. The van der Waals surface area contributed by atoms with Gasteiger partial charge in [0.2, 0.25) is 5.91 Å². The van der Waals surface area contributed by atoms with Crippen molar-refractivity contribution in [3.8, 4) is 5.75 Å². The highest BCUT2D eigenvalue weighted by Gasteiger charge is 2.30. The van der Waals surface area contributed by atoms with Gasteiger partial charge in [-0.2, -0.15) is 0 Å². The van der Waals surface area contributed by atoms with Crippen LogP contribution in [0.5, 0.6) is 5.75 Å². The maximum atomic E-state index is 11.7. The molecule has 1 amide bonds. The fraction of sp³-hybridized carbons (Fsp3) is 0.214. The van der Waals surface area contributed by atoms with Crippen molar-refractivity contribution in [2.24, 2.45) is 5.73 Å². The van der Waals surface area contributed by atoms with E-state index in [1.54, 1.807) is 0 Å². The summed E-state index contributed by atoms with van der Waals surface area (Å²) in [4.78, 5) is 11.7. The van der Waals surface area contributed by atoms with Crippen LogP contribution >= 0.6 is 0 Å². The molecule has 1 atom stereocenters. The maximum Gasteiger partial charge on any atom is 0.249 e. The van der Waals surface area contributed by atoms with Gasteiger partial charge in [-0.1, -0.05) is 24.3 Å². The highest BCUT2D eigenvalue weighted by Crippen LogP contribution is 2.39. The molecule has 3 heteroatoms. The van der Waals surface area contributed by atoms with Crippen LogP contribution in [0.25, 0.3) is 5.57 Å². The molecule has 0 saturated heterocycles. The Labute approximate surface area is 99.6 Å². The number of hydrogen-bond acceptors (Lipinski definition) is 2. The number of allylic oxidation sites excluding steroid dienone is 1. The molecule has 0 spiro atoms. The lowest BCUT2D eigenvalue weighted by Crippen LogP contribution is -2.29. The Bertz CT molecular complexity index is 543. The average Bonchev–Trinajstić information content (AvgIpc) is 2.35. The highest BCUT2D eigenvalue weighted by molar-refractivity contribution is 6.21. The molecule has 1 aliphatic carbocycles. The molecule has 3 rings (SSSR count). The van der Waals surface area contributed by atoms with Gasteiger partial charge in [-0.25, -0.2) is 0 Å². The number of para-hydroxylation sites is 1. The Hall–Kier alpha value is -2.03. The summed E-state index contributed by atoms with van der Waals surface area (Å²) in [5, 5.41) is 0. The van der Waals surface area contributed by atoms with Crippen molar-refractivity contribution in [2.45, 2.75) is 18.9 Å². The molecule has 0 radical (unpaired) electrons. The van der Waals surface area contributed by atoms with E-state index >= 15 is 0 Å². The van der Waals surface area contributed by atoms with Gasteiger partial charge < -0.3 is 10.5 Å². The van der Waals surface area contributed by atoms with Gasteiger partial charge in [0.1, 0.15) is 11.9 Å². The van der Waals surface area contributed by atoms with E-state index in [9.17, 15) is 4.79 Å². The van der Waals surface area contributed by atoms with Crippen molar-refractivity contribution in [3.05, 3.63) is 47.6 Å². The second kappa shape index (κ2) is 3.77. The minimum Gasteiger partial charge on any atom is -0.481 e. The van der Waals surface area contributed by atoms with Crippen LogP contribution in [0.2, 0.25) is 0 Å². The molecule has 1 aromatic rings. The van der Waals surface area contributed by atoms with Gasteiger partial charge in [0.05, 0.1) is 5.57 Å². The van der Waals surface area contributed by atoms with E-state index in [1.807, 2.05) is 30.3 Å². The van der Waals surface area contributed by atoms with Gasteiger partial charge in [0.25, 0.3) is 0 Å². The normalized spacial score (nSPS) is 21.5. The van der Waals surface area contributed by atoms with E-state index in [0.29, 0.717) is 5.57 Å². The highest BCUT2D eigenvalue weighted by atomic mass is 16.5. The first-order chi connectivity index (χ1) is 8.27. The summed E-state index contributed by atoms with van der Waals surface area (Å²) < 4.78 is 5.86. The maximum absolute atomic E-state index is 11.7. The van der Waals surface area contributed by atoms with Crippen molar-refractivity contribution in [2.75, 3.05) is 0 Å². The number of hydrogen-bond donors (Lipinski definition) is 1. The number of carbonyl (C=O) groups is 1. The summed E-state index contributed by atoms with van der Waals surface area (Å²) in [5.74, 6) is 0.373. The van der Waals surface area contributed by atoms with E-state index < -0.39 is 0 Å². The number of primary amides is 1. The molecule has 0 fully saturated rings. The number of ether oxygens (including phenoxy) is 1. The Balaban J connectivity index is 2.23. The van der Waals surface area contributed by atoms with Crippen molar-refractivity contribution in [1.29, 1.82) is 0 Å². The first-order valence-corrected chi connectivity index (χ1v) is 5.73. The van der Waals surface area contributed by atoms with Crippen molar-refractivity contribution >= 4 is 11.5 Å². The van der Waals surface area contributed by atoms with Crippen LogP contribution in [0.3, 0.4) is 0 Å². The minimum absolute atomic E-state index is 0.124. The van der Waals surface area contributed by atoms with E-state index in [2.05, 4.69) is 6.08 Å². The second-order valence-electron chi connectivity index (χ2n) is 4.27. The van der Waals surface area contributed by atoms with Crippen LogP contribution in [0.15, 0.2) is 42.0 Å². The molecule has 0 aromatic heterocycles. The fourth-order valence-electron chi connectivity index (χ4n) is 2.47. The molecule has 1 aromatic carbocycles. The van der Waals surface area contributed by atoms with Crippen LogP contribution in [-0.4, -0.2) is 12.0 Å². The molecule has 1 unspecified atom stereocenters. The largest absolute Gasteiger partial charge is 0.481 e. The lowest BCUT2D eigenvalue weighted by atomic mass is 9.87. The fourth-order valence-corrected chi connectivity index (χ4v) is 2.47. The zero-order valence-electron chi connectivity index (χ0n) is 9.35.